The summed E-state index contributed by atoms with van der Waals surface area (Å²) >= 11 is 0. The zero-order chi connectivity index (χ0) is 16.3. The number of rotatable bonds is 5. The number of amides is 1. The van der Waals surface area contributed by atoms with Crippen molar-refractivity contribution in [3.05, 3.63) is 29.8 Å². The second-order valence-electron chi connectivity index (χ2n) is 6.45. The van der Waals surface area contributed by atoms with Gasteiger partial charge in [-0.05, 0) is 38.2 Å². The molecule has 1 aliphatic heterocycles. The monoisotopic (exact) mass is 337 g/mol. The van der Waals surface area contributed by atoms with Gasteiger partial charge in [-0.2, -0.15) is 0 Å². The third kappa shape index (κ3) is 4.25. The summed E-state index contributed by atoms with van der Waals surface area (Å²) in [5, 5.41) is 2.86. The van der Waals surface area contributed by atoms with Crippen LogP contribution in [0.15, 0.2) is 24.3 Å². The second kappa shape index (κ2) is 6.91. The maximum absolute atomic E-state index is 12.1. The lowest BCUT2D eigenvalue weighted by molar-refractivity contribution is -0.124. The quantitative estimate of drug-likeness (QED) is 0.893. The van der Waals surface area contributed by atoms with Crippen LogP contribution in [0.1, 0.15) is 37.7 Å². The van der Waals surface area contributed by atoms with E-state index in [-0.39, 0.29) is 23.5 Å². The molecule has 0 unspecified atom stereocenters. The number of hydrogen-bond acceptors (Lipinski definition) is 4. The Balaban J connectivity index is 1.58. The zero-order valence-electron chi connectivity index (χ0n) is 13.2. The Labute approximate surface area is 137 Å². The van der Waals surface area contributed by atoms with Crippen molar-refractivity contribution in [3.63, 3.8) is 0 Å². The van der Waals surface area contributed by atoms with Gasteiger partial charge in [0.05, 0.1) is 23.5 Å². The molecule has 0 aromatic heterocycles. The molecule has 1 atom stereocenters. The Bertz CT molecular complexity index is 665. The van der Waals surface area contributed by atoms with Crippen molar-refractivity contribution in [3.8, 4) is 5.75 Å². The van der Waals surface area contributed by atoms with E-state index in [1.807, 2.05) is 24.3 Å². The lowest BCUT2D eigenvalue weighted by atomic mass is 10.1. The van der Waals surface area contributed by atoms with Crippen LogP contribution in [0, 0.1) is 5.92 Å². The first-order chi connectivity index (χ1) is 11.0. The highest BCUT2D eigenvalue weighted by atomic mass is 32.2. The van der Waals surface area contributed by atoms with E-state index >= 15 is 0 Å². The standard InChI is InChI=1S/C17H23NO4S/c19-17(14-9-10-23(20,21)12-14)18-11-13-5-1-4-8-16(13)22-15-6-2-3-7-15/h1,4-5,8,14-15H,2-3,6-7,9-12H2,(H,18,19)/t14-/m1/s1. The summed E-state index contributed by atoms with van der Waals surface area (Å²) in [5.74, 6) is 0.314. The highest BCUT2D eigenvalue weighted by Crippen LogP contribution is 2.27. The molecule has 0 radical (unpaired) electrons. The maximum atomic E-state index is 12.1. The lowest BCUT2D eigenvalue weighted by Crippen LogP contribution is -2.31. The van der Waals surface area contributed by atoms with Crippen LogP contribution in [0.25, 0.3) is 0 Å². The third-order valence-electron chi connectivity index (χ3n) is 4.62. The number of sulfone groups is 1. The topological polar surface area (TPSA) is 72.5 Å². The molecule has 1 heterocycles. The number of hydrogen-bond donors (Lipinski definition) is 1. The van der Waals surface area contributed by atoms with E-state index in [1.54, 1.807) is 0 Å². The predicted molar refractivity (Wildman–Crippen MR) is 87.9 cm³/mol. The number of benzene rings is 1. The lowest BCUT2D eigenvalue weighted by Gasteiger charge is -2.17. The van der Waals surface area contributed by atoms with E-state index in [0.29, 0.717) is 13.0 Å². The molecule has 0 bridgehead atoms. The van der Waals surface area contributed by atoms with Crippen LogP contribution in [-0.4, -0.2) is 31.9 Å². The zero-order valence-corrected chi connectivity index (χ0v) is 14.0. The Morgan fingerprint density at radius 2 is 1.91 bits per heavy atom. The first-order valence-corrected chi connectivity index (χ1v) is 10.1. The minimum atomic E-state index is -3.03. The Morgan fingerprint density at radius 1 is 1.17 bits per heavy atom. The van der Waals surface area contributed by atoms with Crippen molar-refractivity contribution in [1.82, 2.24) is 5.32 Å². The van der Waals surface area contributed by atoms with E-state index in [9.17, 15) is 13.2 Å². The summed E-state index contributed by atoms with van der Waals surface area (Å²) in [7, 11) is -3.03. The van der Waals surface area contributed by atoms with Gasteiger partial charge < -0.3 is 10.1 Å². The summed E-state index contributed by atoms with van der Waals surface area (Å²) in [6.07, 6.45) is 5.28. The SMILES string of the molecule is O=C(NCc1ccccc1OC1CCCC1)[C@@H]1CCS(=O)(=O)C1. The summed E-state index contributed by atoms with van der Waals surface area (Å²) in [5.41, 5.74) is 0.939. The minimum Gasteiger partial charge on any atom is -0.490 e. The minimum absolute atomic E-state index is 0.0287. The van der Waals surface area contributed by atoms with Crippen molar-refractivity contribution in [2.45, 2.75) is 44.8 Å². The number of ether oxygens (including phenoxy) is 1. The predicted octanol–water partition coefficient (Wildman–Crippen LogP) is 2.06. The highest BCUT2D eigenvalue weighted by Gasteiger charge is 2.32. The Morgan fingerprint density at radius 3 is 2.61 bits per heavy atom. The molecule has 1 saturated carbocycles. The van der Waals surface area contributed by atoms with Crippen LogP contribution in [0.3, 0.4) is 0 Å². The molecule has 1 aliphatic carbocycles. The molecular formula is C17H23NO4S. The second-order valence-corrected chi connectivity index (χ2v) is 8.68. The fraction of sp³-hybridized carbons (Fsp3) is 0.588. The van der Waals surface area contributed by atoms with Crippen molar-refractivity contribution in [1.29, 1.82) is 0 Å². The first kappa shape index (κ1) is 16.3. The number of carbonyl (C=O) groups excluding carboxylic acids is 1. The summed E-state index contributed by atoms with van der Waals surface area (Å²) in [6, 6.07) is 7.72. The molecule has 23 heavy (non-hydrogen) atoms. The molecule has 1 N–H and O–H groups in total. The summed E-state index contributed by atoms with van der Waals surface area (Å²) in [6.45, 7) is 0.373. The van der Waals surface area contributed by atoms with Gasteiger partial charge in [-0.1, -0.05) is 18.2 Å². The van der Waals surface area contributed by atoms with Gasteiger partial charge >= 0.3 is 0 Å². The van der Waals surface area contributed by atoms with Gasteiger partial charge in [0.2, 0.25) is 5.91 Å². The van der Waals surface area contributed by atoms with Gasteiger partial charge in [-0.15, -0.1) is 0 Å². The average molecular weight is 337 g/mol. The average Bonchev–Trinajstić information content (AvgIpc) is 3.15. The van der Waals surface area contributed by atoms with Crippen LogP contribution < -0.4 is 10.1 Å². The fourth-order valence-corrected chi connectivity index (χ4v) is 5.02. The summed E-state index contributed by atoms with van der Waals surface area (Å²) in [4.78, 5) is 12.1. The molecule has 1 aromatic rings. The van der Waals surface area contributed by atoms with Crippen molar-refractivity contribution < 1.29 is 17.9 Å². The van der Waals surface area contributed by atoms with Gasteiger partial charge in [0.25, 0.3) is 0 Å². The molecule has 0 spiro atoms. The van der Waals surface area contributed by atoms with E-state index in [4.69, 9.17) is 4.74 Å². The van der Waals surface area contributed by atoms with E-state index in [0.717, 1.165) is 24.2 Å². The number of para-hydroxylation sites is 1. The molecule has 1 saturated heterocycles. The maximum Gasteiger partial charge on any atom is 0.224 e. The molecule has 3 rings (SSSR count). The summed E-state index contributed by atoms with van der Waals surface area (Å²) < 4.78 is 29.0. The van der Waals surface area contributed by atoms with Crippen LogP contribution in [0.2, 0.25) is 0 Å². The van der Waals surface area contributed by atoms with Gasteiger partial charge in [-0.3, -0.25) is 4.79 Å². The smallest absolute Gasteiger partial charge is 0.224 e. The van der Waals surface area contributed by atoms with Gasteiger partial charge in [-0.25, -0.2) is 8.42 Å². The molecule has 2 fully saturated rings. The van der Waals surface area contributed by atoms with Crippen LogP contribution in [-0.2, 0) is 21.2 Å². The van der Waals surface area contributed by atoms with Crippen LogP contribution >= 0.6 is 0 Å². The molecule has 6 heteroatoms. The Hall–Kier alpha value is -1.56. The van der Waals surface area contributed by atoms with Crippen LogP contribution in [0.5, 0.6) is 5.75 Å². The third-order valence-corrected chi connectivity index (χ3v) is 6.39. The van der Waals surface area contributed by atoms with Gasteiger partial charge in [0, 0.05) is 12.1 Å². The van der Waals surface area contributed by atoms with E-state index in [1.165, 1.54) is 12.8 Å². The normalized spacial score (nSPS) is 23.7. The van der Waals surface area contributed by atoms with Gasteiger partial charge in [0.15, 0.2) is 9.84 Å². The van der Waals surface area contributed by atoms with Crippen LogP contribution in [0.4, 0.5) is 0 Å². The van der Waals surface area contributed by atoms with E-state index in [2.05, 4.69) is 5.32 Å². The molecule has 5 nitrogen and oxygen atoms in total. The molecular weight excluding hydrogens is 314 g/mol. The van der Waals surface area contributed by atoms with Crippen molar-refractivity contribution in [2.24, 2.45) is 5.92 Å². The molecule has 1 amide bonds. The van der Waals surface area contributed by atoms with Crippen molar-refractivity contribution >= 4 is 15.7 Å². The number of carbonyl (C=O) groups is 1. The van der Waals surface area contributed by atoms with Crippen molar-refractivity contribution in [2.75, 3.05) is 11.5 Å². The molecule has 126 valence electrons. The number of nitrogens with one attached hydrogen (secondary N) is 1. The fourth-order valence-electron chi connectivity index (χ4n) is 3.28. The highest BCUT2D eigenvalue weighted by molar-refractivity contribution is 7.91. The van der Waals surface area contributed by atoms with E-state index < -0.39 is 15.8 Å². The Kier molecular flexibility index (Phi) is 4.90. The largest absolute Gasteiger partial charge is 0.490 e. The molecule has 1 aromatic carbocycles. The molecule has 2 aliphatic rings. The first-order valence-electron chi connectivity index (χ1n) is 8.26. The van der Waals surface area contributed by atoms with Gasteiger partial charge in [0.1, 0.15) is 5.75 Å².